The normalized spacial score (nSPS) is 28.3. The fourth-order valence-corrected chi connectivity index (χ4v) is 2.20. The van der Waals surface area contributed by atoms with Crippen LogP contribution < -0.4 is 4.74 Å². The summed E-state index contributed by atoms with van der Waals surface area (Å²) in [5.41, 5.74) is 2.01. The summed E-state index contributed by atoms with van der Waals surface area (Å²) in [5.74, 6) is 1.37. The first kappa shape index (κ1) is 10.0. The number of benzene rings is 1. The van der Waals surface area contributed by atoms with Crippen LogP contribution in [0.2, 0.25) is 0 Å². The molecule has 2 rings (SSSR count). The highest BCUT2D eigenvalue weighted by Crippen LogP contribution is 2.53. The van der Waals surface area contributed by atoms with Crippen molar-refractivity contribution < 1.29 is 4.74 Å². The first-order chi connectivity index (χ1) is 7.14. The lowest BCUT2D eigenvalue weighted by Gasteiger charge is -2.11. The summed E-state index contributed by atoms with van der Waals surface area (Å²) in [7, 11) is 1.67. The lowest BCUT2D eigenvalue weighted by Crippen LogP contribution is -2.06. The van der Waals surface area contributed by atoms with Crippen molar-refractivity contribution in [3.8, 4) is 11.8 Å². The minimum Gasteiger partial charge on any atom is -0.496 e. The molecular formula is C13H15NO. The van der Waals surface area contributed by atoms with E-state index >= 15 is 0 Å². The van der Waals surface area contributed by atoms with Gasteiger partial charge in [0.2, 0.25) is 0 Å². The smallest absolute Gasteiger partial charge is 0.121 e. The summed E-state index contributed by atoms with van der Waals surface area (Å²) in [6, 6.07) is 8.48. The molecule has 1 aliphatic rings. The lowest BCUT2D eigenvalue weighted by molar-refractivity contribution is 0.411. The number of rotatable bonds is 2. The van der Waals surface area contributed by atoms with Crippen LogP contribution in [-0.2, 0) is 5.41 Å². The largest absolute Gasteiger partial charge is 0.496 e. The van der Waals surface area contributed by atoms with Crippen molar-refractivity contribution in [3.63, 3.8) is 0 Å². The second-order valence-corrected chi connectivity index (χ2v) is 4.37. The van der Waals surface area contributed by atoms with Crippen LogP contribution in [0.4, 0.5) is 0 Å². The molecule has 0 saturated heterocycles. The van der Waals surface area contributed by atoms with Gasteiger partial charge in [0.05, 0.1) is 18.6 Å². The average molecular weight is 201 g/mol. The topological polar surface area (TPSA) is 33.0 Å². The molecule has 1 aliphatic carbocycles. The minimum absolute atomic E-state index is 0.225. The van der Waals surface area contributed by atoms with E-state index in [2.05, 4.69) is 19.1 Å². The fourth-order valence-electron chi connectivity index (χ4n) is 2.20. The van der Waals surface area contributed by atoms with Gasteiger partial charge in [0.25, 0.3) is 0 Å². The zero-order valence-electron chi connectivity index (χ0n) is 9.37. The van der Waals surface area contributed by atoms with E-state index in [1.165, 1.54) is 0 Å². The van der Waals surface area contributed by atoms with Gasteiger partial charge in [0.1, 0.15) is 5.75 Å². The Morgan fingerprint density at radius 2 is 2.20 bits per heavy atom. The standard InChI is InChI=1S/C13H15NO/c1-9-6-11(4-5-12(9)15-3)13(8-14)7-10(13)2/h4-6,10H,7H2,1-3H3. The average Bonchev–Trinajstić information content (AvgIpc) is 2.91. The molecule has 2 nitrogen and oxygen atoms in total. The van der Waals surface area contributed by atoms with Gasteiger partial charge >= 0.3 is 0 Å². The van der Waals surface area contributed by atoms with E-state index < -0.39 is 0 Å². The fraction of sp³-hybridized carbons (Fsp3) is 0.462. The Labute approximate surface area is 90.5 Å². The third-order valence-corrected chi connectivity index (χ3v) is 3.42. The maximum atomic E-state index is 9.22. The highest BCUT2D eigenvalue weighted by atomic mass is 16.5. The molecule has 0 heterocycles. The summed E-state index contributed by atoms with van der Waals surface area (Å²) >= 11 is 0. The first-order valence-corrected chi connectivity index (χ1v) is 5.20. The second kappa shape index (κ2) is 3.27. The van der Waals surface area contributed by atoms with E-state index in [-0.39, 0.29) is 5.41 Å². The number of hydrogen-bond acceptors (Lipinski definition) is 2. The molecule has 0 aliphatic heterocycles. The molecule has 15 heavy (non-hydrogen) atoms. The SMILES string of the molecule is COc1ccc(C2(C#N)CC2C)cc1C. The summed E-state index contributed by atoms with van der Waals surface area (Å²) in [5, 5.41) is 9.22. The van der Waals surface area contributed by atoms with Crippen LogP contribution in [0.1, 0.15) is 24.5 Å². The minimum atomic E-state index is -0.225. The van der Waals surface area contributed by atoms with Crippen LogP contribution in [0.15, 0.2) is 18.2 Å². The van der Waals surface area contributed by atoms with E-state index in [1.54, 1.807) is 7.11 Å². The molecular weight excluding hydrogens is 186 g/mol. The van der Waals surface area contributed by atoms with Gasteiger partial charge < -0.3 is 4.74 Å². The molecule has 0 spiro atoms. The van der Waals surface area contributed by atoms with Gasteiger partial charge in [-0.1, -0.05) is 19.1 Å². The predicted molar refractivity (Wildman–Crippen MR) is 58.8 cm³/mol. The number of hydrogen-bond donors (Lipinski definition) is 0. The molecule has 0 radical (unpaired) electrons. The molecule has 0 bridgehead atoms. The van der Waals surface area contributed by atoms with Gasteiger partial charge in [-0.25, -0.2) is 0 Å². The molecule has 2 atom stereocenters. The van der Waals surface area contributed by atoms with Gasteiger partial charge in [0.15, 0.2) is 0 Å². The number of ether oxygens (including phenoxy) is 1. The van der Waals surface area contributed by atoms with Crippen LogP contribution in [0.25, 0.3) is 0 Å². The Morgan fingerprint density at radius 1 is 1.53 bits per heavy atom. The first-order valence-electron chi connectivity index (χ1n) is 5.20. The van der Waals surface area contributed by atoms with Crippen molar-refractivity contribution in [3.05, 3.63) is 29.3 Å². The summed E-state index contributed by atoms with van der Waals surface area (Å²) in [6.45, 7) is 4.14. The predicted octanol–water partition coefficient (Wildman–Crippen LogP) is 2.80. The van der Waals surface area contributed by atoms with E-state index in [1.807, 2.05) is 19.1 Å². The van der Waals surface area contributed by atoms with Crippen LogP contribution in [0.3, 0.4) is 0 Å². The maximum Gasteiger partial charge on any atom is 0.121 e. The van der Waals surface area contributed by atoms with Crippen molar-refractivity contribution >= 4 is 0 Å². The molecule has 1 aromatic rings. The molecule has 2 heteroatoms. The monoisotopic (exact) mass is 201 g/mol. The molecule has 2 unspecified atom stereocenters. The molecule has 1 saturated carbocycles. The summed E-state index contributed by atoms with van der Waals surface area (Å²) < 4.78 is 5.21. The number of aryl methyl sites for hydroxylation is 1. The Kier molecular flexibility index (Phi) is 2.19. The van der Waals surface area contributed by atoms with E-state index in [4.69, 9.17) is 4.74 Å². The Bertz CT molecular complexity index is 433. The maximum absolute atomic E-state index is 9.22. The molecule has 0 amide bonds. The number of nitrogens with zero attached hydrogens (tertiary/aromatic N) is 1. The van der Waals surface area contributed by atoms with Crippen LogP contribution in [-0.4, -0.2) is 7.11 Å². The Hall–Kier alpha value is -1.49. The van der Waals surface area contributed by atoms with E-state index in [0.717, 1.165) is 23.3 Å². The summed E-state index contributed by atoms with van der Waals surface area (Å²) in [4.78, 5) is 0. The van der Waals surface area contributed by atoms with Gasteiger partial charge in [-0.3, -0.25) is 0 Å². The number of nitriles is 1. The Morgan fingerprint density at radius 3 is 2.60 bits per heavy atom. The van der Waals surface area contributed by atoms with E-state index in [9.17, 15) is 5.26 Å². The van der Waals surface area contributed by atoms with Crippen LogP contribution in [0, 0.1) is 24.2 Å². The van der Waals surface area contributed by atoms with Crippen molar-refractivity contribution in [1.29, 1.82) is 5.26 Å². The van der Waals surface area contributed by atoms with Gasteiger partial charge in [0, 0.05) is 0 Å². The van der Waals surface area contributed by atoms with Crippen LogP contribution >= 0.6 is 0 Å². The highest BCUT2D eigenvalue weighted by Gasteiger charge is 2.53. The zero-order valence-corrected chi connectivity index (χ0v) is 9.37. The van der Waals surface area contributed by atoms with Gasteiger partial charge in [-0.2, -0.15) is 5.26 Å². The quantitative estimate of drug-likeness (QED) is 0.737. The summed E-state index contributed by atoms with van der Waals surface area (Å²) in [6.07, 6.45) is 0.981. The van der Waals surface area contributed by atoms with Crippen molar-refractivity contribution in [2.24, 2.45) is 5.92 Å². The number of methoxy groups -OCH3 is 1. The lowest BCUT2D eigenvalue weighted by atomic mass is 9.93. The van der Waals surface area contributed by atoms with Crippen molar-refractivity contribution in [1.82, 2.24) is 0 Å². The van der Waals surface area contributed by atoms with Gasteiger partial charge in [-0.05, 0) is 36.5 Å². The molecule has 1 aromatic carbocycles. The Balaban J connectivity index is 2.40. The third-order valence-electron chi connectivity index (χ3n) is 3.42. The molecule has 1 fully saturated rings. The van der Waals surface area contributed by atoms with Crippen molar-refractivity contribution in [2.75, 3.05) is 7.11 Å². The third kappa shape index (κ3) is 1.39. The molecule has 0 aromatic heterocycles. The molecule has 78 valence electrons. The van der Waals surface area contributed by atoms with Crippen molar-refractivity contribution in [2.45, 2.75) is 25.7 Å². The zero-order chi connectivity index (χ0) is 11.1. The highest BCUT2D eigenvalue weighted by molar-refractivity contribution is 5.46. The van der Waals surface area contributed by atoms with Crippen LogP contribution in [0.5, 0.6) is 5.75 Å². The second-order valence-electron chi connectivity index (χ2n) is 4.37. The van der Waals surface area contributed by atoms with E-state index in [0.29, 0.717) is 5.92 Å². The van der Waals surface area contributed by atoms with Gasteiger partial charge in [-0.15, -0.1) is 0 Å². The molecule has 0 N–H and O–H groups in total.